The van der Waals surface area contributed by atoms with Crippen molar-refractivity contribution in [3.8, 4) is 0 Å². The number of aliphatic hydroxyl groups is 3. The van der Waals surface area contributed by atoms with Crippen molar-refractivity contribution < 1.29 is 15.3 Å². The Balaban J connectivity index is 1.85. The summed E-state index contributed by atoms with van der Waals surface area (Å²) in [5.74, 6) is 0. The van der Waals surface area contributed by atoms with Crippen LogP contribution in [0.15, 0.2) is 10.4 Å². The largest absolute Gasteiger partial charge is 0.378 e. The molecule has 1 aliphatic carbocycles. The maximum absolute atomic E-state index is 10.3. The summed E-state index contributed by atoms with van der Waals surface area (Å²) in [7, 11) is 0. The van der Waals surface area contributed by atoms with Crippen LogP contribution in [-0.4, -0.2) is 40.5 Å². The lowest BCUT2D eigenvalue weighted by molar-refractivity contribution is -0.106. The third kappa shape index (κ3) is 3.08. The normalized spacial score (nSPS) is 24.2. The van der Waals surface area contributed by atoms with E-state index < -0.39 is 17.9 Å². The van der Waals surface area contributed by atoms with E-state index in [0.717, 1.165) is 25.7 Å². The number of hydrogen-bond acceptors (Lipinski definition) is 8. The van der Waals surface area contributed by atoms with Crippen LogP contribution in [0.5, 0.6) is 0 Å². The molecule has 8 heteroatoms. The average molecular weight is 259 g/mol. The summed E-state index contributed by atoms with van der Waals surface area (Å²) in [6.07, 6.45) is 1.54. The molecule has 1 heterocycles. The van der Waals surface area contributed by atoms with Crippen molar-refractivity contribution >= 4 is 0 Å². The molecule has 1 unspecified atom stereocenters. The van der Waals surface area contributed by atoms with Crippen LogP contribution in [0.1, 0.15) is 32.1 Å². The Morgan fingerprint density at radius 2 is 1.78 bits per heavy atom. The van der Waals surface area contributed by atoms with Gasteiger partial charge in [-0.05, 0) is 12.8 Å². The molecule has 2 aliphatic rings. The lowest BCUT2D eigenvalue weighted by atomic mass is 9.80. The maximum atomic E-state index is 10.3. The highest BCUT2D eigenvalue weighted by Gasteiger charge is 2.41. The van der Waals surface area contributed by atoms with Crippen molar-refractivity contribution in [1.82, 2.24) is 16.2 Å². The molecular weight excluding hydrogens is 238 g/mol. The second kappa shape index (κ2) is 5.79. The molecule has 1 fully saturated rings. The molecule has 0 spiro atoms. The van der Waals surface area contributed by atoms with E-state index in [1.165, 1.54) is 0 Å². The van der Waals surface area contributed by atoms with Crippen LogP contribution in [-0.2, 0) is 0 Å². The third-order valence-electron chi connectivity index (χ3n) is 3.76. The zero-order chi connectivity index (χ0) is 13.0. The fourth-order valence-corrected chi connectivity index (χ4v) is 2.80. The molecule has 0 amide bonds. The maximum Gasteiger partial charge on any atom is 0.152 e. The van der Waals surface area contributed by atoms with Gasteiger partial charge in [-0.2, -0.15) is 0 Å². The van der Waals surface area contributed by atoms with E-state index in [9.17, 15) is 5.11 Å². The second-order valence-electron chi connectivity index (χ2n) is 5.08. The SMILES string of the molecule is OC(O)CC1(C(O)NCC2NN=NN2)CCCC1. The van der Waals surface area contributed by atoms with Gasteiger partial charge in [0.15, 0.2) is 6.29 Å². The highest BCUT2D eigenvalue weighted by Crippen LogP contribution is 2.43. The van der Waals surface area contributed by atoms with E-state index in [1.54, 1.807) is 0 Å². The molecule has 2 rings (SSSR count). The molecule has 6 N–H and O–H groups in total. The highest BCUT2D eigenvalue weighted by atomic mass is 16.5. The molecule has 0 radical (unpaired) electrons. The summed E-state index contributed by atoms with van der Waals surface area (Å²) in [4.78, 5) is 0. The fraction of sp³-hybridized carbons (Fsp3) is 1.00. The van der Waals surface area contributed by atoms with E-state index in [2.05, 4.69) is 26.6 Å². The van der Waals surface area contributed by atoms with Crippen LogP contribution in [0.2, 0.25) is 0 Å². The lowest BCUT2D eigenvalue weighted by Gasteiger charge is -2.35. The summed E-state index contributed by atoms with van der Waals surface area (Å²) in [5, 5.41) is 38.7. The summed E-state index contributed by atoms with van der Waals surface area (Å²) in [6, 6.07) is 0. The van der Waals surface area contributed by atoms with Crippen LogP contribution >= 0.6 is 0 Å². The predicted molar refractivity (Wildman–Crippen MR) is 62.7 cm³/mol. The summed E-state index contributed by atoms with van der Waals surface area (Å²) < 4.78 is 0. The van der Waals surface area contributed by atoms with Gasteiger partial charge in [-0.25, -0.2) is 0 Å². The molecule has 0 aromatic rings. The van der Waals surface area contributed by atoms with E-state index >= 15 is 0 Å². The average Bonchev–Trinajstić information content (AvgIpc) is 2.96. The number of aliphatic hydroxyl groups excluding tert-OH is 2. The number of nitrogens with one attached hydrogen (secondary N) is 3. The van der Waals surface area contributed by atoms with E-state index in [1.807, 2.05) is 0 Å². The monoisotopic (exact) mass is 259 g/mol. The molecule has 0 aromatic carbocycles. The predicted octanol–water partition coefficient (Wildman–Crippen LogP) is -1.04. The van der Waals surface area contributed by atoms with Crippen molar-refractivity contribution in [2.75, 3.05) is 6.54 Å². The van der Waals surface area contributed by atoms with Crippen molar-refractivity contribution in [2.24, 2.45) is 15.9 Å². The first-order valence-corrected chi connectivity index (χ1v) is 6.31. The van der Waals surface area contributed by atoms with Gasteiger partial charge in [-0.3, -0.25) is 16.2 Å². The zero-order valence-corrected chi connectivity index (χ0v) is 10.2. The molecule has 0 saturated heterocycles. The minimum absolute atomic E-state index is 0.142. The van der Waals surface area contributed by atoms with Crippen LogP contribution in [0.4, 0.5) is 0 Å². The Kier molecular flexibility index (Phi) is 4.33. The molecular formula is C10H21N5O3. The first kappa shape index (κ1) is 13.5. The van der Waals surface area contributed by atoms with Gasteiger partial charge in [0, 0.05) is 18.4 Å². The van der Waals surface area contributed by atoms with Crippen LogP contribution in [0.25, 0.3) is 0 Å². The van der Waals surface area contributed by atoms with Gasteiger partial charge in [-0.1, -0.05) is 23.3 Å². The smallest absolute Gasteiger partial charge is 0.152 e. The van der Waals surface area contributed by atoms with E-state index in [-0.39, 0.29) is 12.6 Å². The molecule has 1 aliphatic heterocycles. The molecule has 8 nitrogen and oxygen atoms in total. The molecule has 104 valence electrons. The molecule has 0 aromatic heterocycles. The number of rotatable bonds is 6. The van der Waals surface area contributed by atoms with Gasteiger partial charge in [-0.15, -0.1) is 0 Å². The van der Waals surface area contributed by atoms with Crippen molar-refractivity contribution in [2.45, 2.75) is 50.8 Å². The topological polar surface area (TPSA) is 122 Å². The Bertz CT molecular complexity index is 285. The Hall–Kier alpha value is -0.960. The first-order chi connectivity index (χ1) is 8.62. The van der Waals surface area contributed by atoms with Gasteiger partial charge >= 0.3 is 0 Å². The van der Waals surface area contributed by atoms with Gasteiger partial charge in [0.25, 0.3) is 0 Å². The van der Waals surface area contributed by atoms with Gasteiger partial charge in [0.2, 0.25) is 0 Å². The minimum Gasteiger partial charge on any atom is -0.378 e. The minimum atomic E-state index is -1.38. The standard InChI is InChI=1S/C10H21N5O3/c16-8(17)5-10(3-1-2-4-10)9(18)11-6-7-12-14-15-13-7/h7-9,11,16-18H,1-6H2,(H,12,15)(H,13,14). The lowest BCUT2D eigenvalue weighted by Crippen LogP contribution is -2.51. The molecule has 1 atom stereocenters. The van der Waals surface area contributed by atoms with Crippen molar-refractivity contribution in [3.63, 3.8) is 0 Å². The van der Waals surface area contributed by atoms with Crippen molar-refractivity contribution in [3.05, 3.63) is 0 Å². The molecule has 1 saturated carbocycles. The van der Waals surface area contributed by atoms with Crippen molar-refractivity contribution in [1.29, 1.82) is 0 Å². The second-order valence-corrected chi connectivity index (χ2v) is 5.08. The van der Waals surface area contributed by atoms with E-state index in [4.69, 9.17) is 10.2 Å². The van der Waals surface area contributed by atoms with Gasteiger partial charge < -0.3 is 15.3 Å². The Labute approximate surface area is 105 Å². The molecule has 0 bridgehead atoms. The third-order valence-corrected chi connectivity index (χ3v) is 3.76. The quantitative estimate of drug-likeness (QED) is 0.339. The Morgan fingerprint density at radius 1 is 1.17 bits per heavy atom. The Morgan fingerprint density at radius 3 is 2.33 bits per heavy atom. The zero-order valence-electron chi connectivity index (χ0n) is 10.2. The highest BCUT2D eigenvalue weighted by molar-refractivity contribution is 4.90. The first-order valence-electron chi connectivity index (χ1n) is 6.31. The summed E-state index contributed by atoms with van der Waals surface area (Å²) in [5.41, 5.74) is 5.02. The van der Waals surface area contributed by atoms with Crippen LogP contribution < -0.4 is 16.2 Å². The van der Waals surface area contributed by atoms with Gasteiger partial charge in [0.05, 0.1) is 0 Å². The summed E-state index contributed by atoms with van der Waals surface area (Å²) >= 11 is 0. The molecule has 18 heavy (non-hydrogen) atoms. The number of nitrogens with zero attached hydrogens (tertiary/aromatic N) is 2. The fourth-order valence-electron chi connectivity index (χ4n) is 2.80. The van der Waals surface area contributed by atoms with Crippen LogP contribution in [0.3, 0.4) is 0 Å². The summed E-state index contributed by atoms with van der Waals surface area (Å²) in [6.45, 7) is 0.456. The van der Waals surface area contributed by atoms with Crippen LogP contribution in [0, 0.1) is 5.41 Å². The number of hydrogen-bond donors (Lipinski definition) is 6. The van der Waals surface area contributed by atoms with E-state index in [0.29, 0.717) is 6.54 Å². The van der Waals surface area contributed by atoms with Gasteiger partial charge in [0.1, 0.15) is 12.4 Å².